The molecule has 1 unspecified atom stereocenters. The van der Waals surface area contributed by atoms with Crippen LogP contribution in [-0.2, 0) is 4.79 Å². The summed E-state index contributed by atoms with van der Waals surface area (Å²) in [4.78, 5) is 24.1. The minimum absolute atomic E-state index is 0. The lowest BCUT2D eigenvalue weighted by atomic mass is 10.3. The number of hydrogen-bond acceptors (Lipinski definition) is 4. The molecule has 1 atom stereocenters. The first-order valence-corrected chi connectivity index (χ1v) is 5.11. The summed E-state index contributed by atoms with van der Waals surface area (Å²) in [7, 11) is 1.47. The van der Waals surface area contributed by atoms with Crippen molar-refractivity contribution in [3.63, 3.8) is 0 Å². The molecule has 94 valence electrons. The summed E-state index contributed by atoms with van der Waals surface area (Å²) >= 11 is 0. The molecule has 1 rings (SSSR count). The lowest BCUT2D eigenvalue weighted by molar-refractivity contribution is -0.120. The molecular weight excluding hydrogens is 232 g/mol. The molecule has 1 heterocycles. The highest BCUT2D eigenvalue weighted by atomic mass is 35.5. The molecule has 3 amide bonds. The summed E-state index contributed by atoms with van der Waals surface area (Å²) in [5.74, 6) is -0.255. The number of likely N-dealkylation sites (tertiary alicyclic amines) is 1. The number of hydrogen-bond donors (Lipinski definition) is 3. The number of nitrogens with one attached hydrogen (secondary N) is 2. The lowest BCUT2D eigenvalue weighted by Gasteiger charge is -2.14. The zero-order valence-corrected chi connectivity index (χ0v) is 10.2. The maximum Gasteiger partial charge on any atom is 0.321 e. The van der Waals surface area contributed by atoms with Crippen molar-refractivity contribution in [3.05, 3.63) is 0 Å². The molecule has 16 heavy (non-hydrogen) atoms. The van der Waals surface area contributed by atoms with E-state index in [4.69, 9.17) is 5.73 Å². The highest BCUT2D eigenvalue weighted by Gasteiger charge is 2.19. The van der Waals surface area contributed by atoms with Gasteiger partial charge in [0.25, 0.3) is 0 Å². The van der Waals surface area contributed by atoms with Crippen molar-refractivity contribution < 1.29 is 9.59 Å². The van der Waals surface area contributed by atoms with E-state index in [9.17, 15) is 9.59 Å². The van der Waals surface area contributed by atoms with E-state index in [-0.39, 0.29) is 24.4 Å². The number of carbonyl (C=O) groups excluding carboxylic acids is 2. The minimum atomic E-state index is -0.460. The molecule has 0 aliphatic carbocycles. The Morgan fingerprint density at radius 1 is 1.50 bits per heavy atom. The fraction of sp³-hybridized carbons (Fsp3) is 0.778. The van der Waals surface area contributed by atoms with Crippen LogP contribution in [0, 0.1) is 0 Å². The summed E-state index contributed by atoms with van der Waals surface area (Å²) in [5, 5.41) is 4.54. The molecular formula is C9H19ClN4O2. The molecule has 1 saturated heterocycles. The number of nitrogens with zero attached hydrogens (tertiary/aromatic N) is 1. The molecule has 0 aromatic carbocycles. The van der Waals surface area contributed by atoms with Crippen molar-refractivity contribution in [1.29, 1.82) is 0 Å². The van der Waals surface area contributed by atoms with Crippen LogP contribution in [0.1, 0.15) is 12.8 Å². The van der Waals surface area contributed by atoms with Crippen LogP contribution < -0.4 is 16.4 Å². The zero-order chi connectivity index (χ0) is 11.3. The Bertz CT molecular complexity index is 250. The standard InChI is InChI=1S/C9H18N4O2.ClH/c1-11-9(15)12-8(14)3-5-13-4-2-7(10)6-13;/h7H,2-6,10H2,1H3,(H2,11,12,14,15);1H. The highest BCUT2D eigenvalue weighted by Crippen LogP contribution is 2.06. The molecule has 0 aromatic heterocycles. The Labute approximate surface area is 101 Å². The number of rotatable bonds is 3. The van der Waals surface area contributed by atoms with Gasteiger partial charge in [0, 0.05) is 32.6 Å². The molecule has 1 fully saturated rings. The maximum absolute atomic E-state index is 11.2. The van der Waals surface area contributed by atoms with Crippen molar-refractivity contribution in [3.8, 4) is 0 Å². The highest BCUT2D eigenvalue weighted by molar-refractivity contribution is 5.94. The first-order valence-electron chi connectivity index (χ1n) is 5.11. The molecule has 1 aliphatic heterocycles. The summed E-state index contributed by atoms with van der Waals surface area (Å²) in [6.07, 6.45) is 1.32. The summed E-state index contributed by atoms with van der Waals surface area (Å²) in [6, 6.07) is -0.231. The molecule has 6 nitrogen and oxygen atoms in total. The third-order valence-electron chi connectivity index (χ3n) is 2.44. The predicted octanol–water partition coefficient (Wildman–Crippen LogP) is -0.713. The van der Waals surface area contributed by atoms with Crippen LogP contribution >= 0.6 is 12.4 Å². The van der Waals surface area contributed by atoms with E-state index in [1.807, 2.05) is 0 Å². The van der Waals surface area contributed by atoms with Gasteiger partial charge in [0.2, 0.25) is 5.91 Å². The number of amides is 3. The Kier molecular flexibility index (Phi) is 7.03. The number of halogens is 1. The van der Waals surface area contributed by atoms with Crippen molar-refractivity contribution >= 4 is 24.3 Å². The smallest absolute Gasteiger partial charge is 0.321 e. The fourth-order valence-corrected chi connectivity index (χ4v) is 1.58. The average Bonchev–Trinajstić information content (AvgIpc) is 2.61. The van der Waals surface area contributed by atoms with Crippen molar-refractivity contribution in [1.82, 2.24) is 15.5 Å². The van der Waals surface area contributed by atoms with E-state index in [1.54, 1.807) is 0 Å². The van der Waals surface area contributed by atoms with Gasteiger partial charge in [-0.3, -0.25) is 10.1 Å². The number of nitrogens with two attached hydrogens (primary N) is 1. The summed E-state index contributed by atoms with van der Waals surface area (Å²) < 4.78 is 0. The van der Waals surface area contributed by atoms with Crippen LogP contribution in [0.2, 0.25) is 0 Å². The van der Waals surface area contributed by atoms with E-state index >= 15 is 0 Å². The Balaban J connectivity index is 0.00000225. The van der Waals surface area contributed by atoms with Crippen molar-refractivity contribution in [2.75, 3.05) is 26.7 Å². The van der Waals surface area contributed by atoms with Crippen LogP contribution in [0.15, 0.2) is 0 Å². The second-order valence-corrected chi connectivity index (χ2v) is 3.73. The predicted molar refractivity (Wildman–Crippen MR) is 63.5 cm³/mol. The molecule has 1 aliphatic rings. The maximum atomic E-state index is 11.2. The number of carbonyl (C=O) groups is 2. The molecule has 0 saturated carbocycles. The van der Waals surface area contributed by atoms with E-state index in [0.717, 1.165) is 19.5 Å². The van der Waals surface area contributed by atoms with Crippen LogP contribution in [0.5, 0.6) is 0 Å². The zero-order valence-electron chi connectivity index (χ0n) is 9.36. The molecule has 0 aromatic rings. The summed E-state index contributed by atoms with van der Waals surface area (Å²) in [5.41, 5.74) is 5.73. The third kappa shape index (κ3) is 5.29. The second-order valence-electron chi connectivity index (χ2n) is 3.73. The Morgan fingerprint density at radius 3 is 2.69 bits per heavy atom. The van der Waals surface area contributed by atoms with Gasteiger partial charge in [0.1, 0.15) is 0 Å². The molecule has 7 heteroatoms. The van der Waals surface area contributed by atoms with Gasteiger partial charge in [0.15, 0.2) is 0 Å². The lowest BCUT2D eigenvalue weighted by Crippen LogP contribution is -2.39. The molecule has 0 spiro atoms. The second kappa shape index (κ2) is 7.43. The average molecular weight is 251 g/mol. The topological polar surface area (TPSA) is 87.5 Å². The van der Waals surface area contributed by atoms with Gasteiger partial charge in [-0.2, -0.15) is 0 Å². The quantitative estimate of drug-likeness (QED) is 0.617. The van der Waals surface area contributed by atoms with Crippen LogP contribution in [0.3, 0.4) is 0 Å². The van der Waals surface area contributed by atoms with E-state index in [2.05, 4.69) is 15.5 Å². The van der Waals surface area contributed by atoms with Gasteiger partial charge in [-0.25, -0.2) is 4.79 Å². The van der Waals surface area contributed by atoms with E-state index < -0.39 is 6.03 Å². The largest absolute Gasteiger partial charge is 0.341 e. The molecule has 4 N–H and O–H groups in total. The fourth-order valence-electron chi connectivity index (χ4n) is 1.58. The first-order chi connectivity index (χ1) is 7.11. The first kappa shape index (κ1) is 15.2. The van der Waals surface area contributed by atoms with Gasteiger partial charge < -0.3 is 16.0 Å². The van der Waals surface area contributed by atoms with Gasteiger partial charge in [-0.1, -0.05) is 0 Å². The van der Waals surface area contributed by atoms with Crippen LogP contribution in [0.25, 0.3) is 0 Å². The summed E-state index contributed by atoms with van der Waals surface area (Å²) in [6.45, 7) is 2.44. The number of urea groups is 1. The van der Waals surface area contributed by atoms with Crippen molar-refractivity contribution in [2.24, 2.45) is 5.73 Å². The monoisotopic (exact) mass is 250 g/mol. The van der Waals surface area contributed by atoms with Crippen LogP contribution in [-0.4, -0.2) is 49.6 Å². The Morgan fingerprint density at radius 2 is 2.19 bits per heavy atom. The number of imide groups is 1. The van der Waals surface area contributed by atoms with Gasteiger partial charge in [-0.15, -0.1) is 12.4 Å². The van der Waals surface area contributed by atoms with E-state index in [1.165, 1.54) is 7.05 Å². The molecule has 0 bridgehead atoms. The normalized spacial score (nSPS) is 20.0. The van der Waals surface area contributed by atoms with Crippen molar-refractivity contribution in [2.45, 2.75) is 18.9 Å². The minimum Gasteiger partial charge on any atom is -0.341 e. The van der Waals surface area contributed by atoms with Gasteiger partial charge >= 0.3 is 6.03 Å². The Hall–Kier alpha value is -0.850. The van der Waals surface area contributed by atoms with Gasteiger partial charge in [0.05, 0.1) is 0 Å². The third-order valence-corrected chi connectivity index (χ3v) is 2.44. The SMILES string of the molecule is CNC(=O)NC(=O)CCN1CCC(N)C1.Cl. The molecule has 0 radical (unpaired) electrons. The van der Waals surface area contributed by atoms with Crippen LogP contribution in [0.4, 0.5) is 4.79 Å². The van der Waals surface area contributed by atoms with E-state index in [0.29, 0.717) is 13.0 Å². The van der Waals surface area contributed by atoms with Gasteiger partial charge in [-0.05, 0) is 13.0 Å².